The molecular weight excluding hydrogens is 291 g/mol. The van der Waals surface area contributed by atoms with Gasteiger partial charge in [0.2, 0.25) is 0 Å². The van der Waals surface area contributed by atoms with Crippen LogP contribution in [0.4, 0.5) is 10.2 Å². The summed E-state index contributed by atoms with van der Waals surface area (Å²) in [6.07, 6.45) is 0. The van der Waals surface area contributed by atoms with Crippen molar-refractivity contribution in [3.8, 4) is 22.5 Å². The molecule has 0 saturated heterocycles. The van der Waals surface area contributed by atoms with E-state index in [-0.39, 0.29) is 11.6 Å². The molecule has 0 fully saturated rings. The topological polar surface area (TPSA) is 52.0 Å². The molecule has 0 bridgehead atoms. The molecule has 0 amide bonds. The quantitative estimate of drug-likeness (QED) is 0.747. The van der Waals surface area contributed by atoms with E-state index in [4.69, 9.17) is 21.9 Å². The molecule has 0 spiro atoms. The minimum absolute atomic E-state index is 0.222. The number of hydrogen-bond acceptors (Lipinski definition) is 3. The Morgan fingerprint density at radius 3 is 2.67 bits per heavy atom. The summed E-state index contributed by atoms with van der Waals surface area (Å²) in [5.74, 6) is 0.285. The number of aromatic nitrogens is 1. The van der Waals surface area contributed by atoms with Gasteiger partial charge in [-0.15, -0.1) is 0 Å². The lowest BCUT2D eigenvalue weighted by molar-refractivity contribution is 0.435. The summed E-state index contributed by atoms with van der Waals surface area (Å²) >= 11 is 6.21. The lowest BCUT2D eigenvalue weighted by atomic mass is 10.0. The molecule has 3 rings (SSSR count). The number of aryl methyl sites for hydroxylation is 1. The number of nitrogens with zero attached hydrogens (tertiary/aromatic N) is 1. The Balaban J connectivity index is 2.24. The van der Waals surface area contributed by atoms with Crippen LogP contribution in [0.2, 0.25) is 5.02 Å². The Morgan fingerprint density at radius 2 is 1.95 bits per heavy atom. The van der Waals surface area contributed by atoms with Crippen molar-refractivity contribution in [1.29, 1.82) is 0 Å². The first-order valence-corrected chi connectivity index (χ1v) is 6.71. The van der Waals surface area contributed by atoms with Gasteiger partial charge in [0.1, 0.15) is 5.82 Å². The van der Waals surface area contributed by atoms with E-state index in [2.05, 4.69) is 5.16 Å². The third-order valence-electron chi connectivity index (χ3n) is 3.17. The van der Waals surface area contributed by atoms with Gasteiger partial charge in [-0.2, -0.15) is 0 Å². The molecule has 21 heavy (non-hydrogen) atoms. The molecule has 0 saturated carbocycles. The van der Waals surface area contributed by atoms with Gasteiger partial charge in [0.05, 0.1) is 5.56 Å². The highest BCUT2D eigenvalue weighted by Crippen LogP contribution is 2.40. The average molecular weight is 303 g/mol. The van der Waals surface area contributed by atoms with Gasteiger partial charge in [-0.25, -0.2) is 4.39 Å². The van der Waals surface area contributed by atoms with Crippen LogP contribution in [0.1, 0.15) is 5.56 Å². The molecular formula is C16H12ClFN2O. The van der Waals surface area contributed by atoms with Crippen molar-refractivity contribution in [3.63, 3.8) is 0 Å². The Hall–Kier alpha value is -2.33. The van der Waals surface area contributed by atoms with Gasteiger partial charge in [0.25, 0.3) is 0 Å². The van der Waals surface area contributed by atoms with E-state index >= 15 is 0 Å². The van der Waals surface area contributed by atoms with Crippen LogP contribution in [-0.2, 0) is 0 Å². The molecule has 1 aromatic heterocycles. The predicted octanol–water partition coefficient (Wildman–Crippen LogP) is 4.69. The highest BCUT2D eigenvalue weighted by Gasteiger charge is 2.20. The van der Waals surface area contributed by atoms with Crippen LogP contribution in [0.15, 0.2) is 47.0 Å². The summed E-state index contributed by atoms with van der Waals surface area (Å²) in [6, 6.07) is 11.9. The Bertz CT molecular complexity index is 794. The van der Waals surface area contributed by atoms with Crippen molar-refractivity contribution in [1.82, 2.24) is 5.16 Å². The Labute approximate surface area is 126 Å². The monoisotopic (exact) mass is 302 g/mol. The first-order chi connectivity index (χ1) is 10.1. The van der Waals surface area contributed by atoms with Gasteiger partial charge in [-0.3, -0.25) is 0 Å². The standard InChI is InChI=1S/C16H12ClFN2O/c1-9-6-10(8-11(18)7-9)15-14(16(19)20-21-15)12-4-2-3-5-13(12)17/h2-8H,1H3,(H2,19,20). The highest BCUT2D eigenvalue weighted by molar-refractivity contribution is 6.33. The molecule has 0 radical (unpaired) electrons. The van der Waals surface area contributed by atoms with Crippen molar-refractivity contribution in [2.45, 2.75) is 6.92 Å². The van der Waals surface area contributed by atoms with E-state index in [1.54, 1.807) is 6.07 Å². The maximum Gasteiger partial charge on any atom is 0.177 e. The second-order valence-electron chi connectivity index (χ2n) is 4.77. The van der Waals surface area contributed by atoms with E-state index in [1.807, 2.05) is 31.2 Å². The SMILES string of the molecule is Cc1cc(F)cc(-c2onc(N)c2-c2ccccc2Cl)c1. The molecule has 1 heterocycles. The van der Waals surface area contributed by atoms with Crippen molar-refractivity contribution in [2.24, 2.45) is 0 Å². The molecule has 0 unspecified atom stereocenters. The van der Waals surface area contributed by atoms with Crippen molar-refractivity contribution in [3.05, 3.63) is 58.9 Å². The maximum absolute atomic E-state index is 13.6. The van der Waals surface area contributed by atoms with E-state index in [1.165, 1.54) is 12.1 Å². The van der Waals surface area contributed by atoms with Gasteiger partial charge in [0.15, 0.2) is 11.6 Å². The van der Waals surface area contributed by atoms with Crippen molar-refractivity contribution < 1.29 is 8.91 Å². The molecule has 2 N–H and O–H groups in total. The minimum atomic E-state index is -0.343. The predicted molar refractivity (Wildman–Crippen MR) is 81.5 cm³/mol. The summed E-state index contributed by atoms with van der Waals surface area (Å²) in [6.45, 7) is 1.81. The summed E-state index contributed by atoms with van der Waals surface area (Å²) < 4.78 is 18.9. The van der Waals surface area contributed by atoms with Crippen molar-refractivity contribution in [2.75, 3.05) is 5.73 Å². The van der Waals surface area contributed by atoms with Gasteiger partial charge in [-0.05, 0) is 36.8 Å². The number of anilines is 1. The summed E-state index contributed by atoms with van der Waals surface area (Å²) in [5, 5.41) is 4.32. The second-order valence-corrected chi connectivity index (χ2v) is 5.18. The molecule has 0 aliphatic heterocycles. The van der Waals surface area contributed by atoms with Gasteiger partial charge < -0.3 is 10.3 Å². The zero-order valence-corrected chi connectivity index (χ0v) is 12.0. The van der Waals surface area contributed by atoms with Gasteiger partial charge >= 0.3 is 0 Å². The number of nitrogen functional groups attached to an aromatic ring is 1. The average Bonchev–Trinajstić information content (AvgIpc) is 2.80. The summed E-state index contributed by atoms with van der Waals surface area (Å²) in [7, 11) is 0. The largest absolute Gasteiger partial charge is 0.380 e. The summed E-state index contributed by atoms with van der Waals surface area (Å²) in [4.78, 5) is 0. The number of nitrogens with two attached hydrogens (primary N) is 1. The van der Waals surface area contributed by atoms with E-state index in [0.29, 0.717) is 27.5 Å². The Kier molecular flexibility index (Phi) is 3.39. The Morgan fingerprint density at radius 1 is 1.19 bits per heavy atom. The third kappa shape index (κ3) is 2.50. The van der Waals surface area contributed by atoms with Crippen LogP contribution in [-0.4, -0.2) is 5.16 Å². The maximum atomic E-state index is 13.6. The minimum Gasteiger partial charge on any atom is -0.380 e. The van der Waals surface area contributed by atoms with E-state index in [9.17, 15) is 4.39 Å². The van der Waals surface area contributed by atoms with Crippen LogP contribution in [0, 0.1) is 12.7 Å². The molecule has 0 aliphatic rings. The highest BCUT2D eigenvalue weighted by atomic mass is 35.5. The van der Waals surface area contributed by atoms with E-state index in [0.717, 1.165) is 5.56 Å². The lowest BCUT2D eigenvalue weighted by Gasteiger charge is -2.06. The summed E-state index contributed by atoms with van der Waals surface area (Å²) in [5.41, 5.74) is 8.53. The van der Waals surface area contributed by atoms with Crippen LogP contribution in [0.5, 0.6) is 0 Å². The van der Waals surface area contributed by atoms with E-state index < -0.39 is 0 Å². The number of halogens is 2. The van der Waals surface area contributed by atoms with Gasteiger partial charge in [-0.1, -0.05) is 35.0 Å². The van der Waals surface area contributed by atoms with Crippen LogP contribution in [0.3, 0.4) is 0 Å². The molecule has 0 aliphatic carbocycles. The number of benzene rings is 2. The normalized spacial score (nSPS) is 10.8. The smallest absolute Gasteiger partial charge is 0.177 e. The first-order valence-electron chi connectivity index (χ1n) is 6.34. The fourth-order valence-corrected chi connectivity index (χ4v) is 2.52. The van der Waals surface area contributed by atoms with Crippen LogP contribution >= 0.6 is 11.6 Å². The molecule has 5 heteroatoms. The van der Waals surface area contributed by atoms with Crippen molar-refractivity contribution >= 4 is 17.4 Å². The van der Waals surface area contributed by atoms with Crippen LogP contribution in [0.25, 0.3) is 22.5 Å². The molecule has 3 nitrogen and oxygen atoms in total. The molecule has 3 aromatic rings. The molecule has 2 aromatic carbocycles. The number of rotatable bonds is 2. The fraction of sp³-hybridized carbons (Fsp3) is 0.0625. The first kappa shape index (κ1) is 13.6. The van der Waals surface area contributed by atoms with Crippen LogP contribution < -0.4 is 5.73 Å². The molecule has 0 atom stereocenters. The van der Waals surface area contributed by atoms with Gasteiger partial charge in [0, 0.05) is 16.1 Å². The zero-order chi connectivity index (χ0) is 15.0. The third-order valence-corrected chi connectivity index (χ3v) is 3.50. The fourth-order valence-electron chi connectivity index (χ4n) is 2.29. The number of hydrogen-bond donors (Lipinski definition) is 1. The lowest BCUT2D eigenvalue weighted by Crippen LogP contribution is -1.90. The second kappa shape index (κ2) is 5.22. The zero-order valence-electron chi connectivity index (χ0n) is 11.2. The molecule has 106 valence electrons.